The first-order chi connectivity index (χ1) is 7.02. The van der Waals surface area contributed by atoms with Crippen LogP contribution in [0.4, 0.5) is 11.4 Å². The van der Waals surface area contributed by atoms with Gasteiger partial charge in [-0.3, -0.25) is 4.79 Å². The number of hydrogen-bond acceptors (Lipinski definition) is 2. The Hall–Kier alpha value is -1.51. The third-order valence-electron chi connectivity index (χ3n) is 3.27. The van der Waals surface area contributed by atoms with Crippen LogP contribution in [0.5, 0.6) is 0 Å². The molecule has 2 rings (SSSR count). The van der Waals surface area contributed by atoms with E-state index in [-0.39, 0.29) is 11.9 Å². The highest BCUT2D eigenvalue weighted by molar-refractivity contribution is 5.95. The third-order valence-corrected chi connectivity index (χ3v) is 3.27. The van der Waals surface area contributed by atoms with Crippen molar-refractivity contribution in [2.75, 3.05) is 10.6 Å². The molecule has 15 heavy (non-hydrogen) atoms. The number of rotatable bonds is 0. The minimum absolute atomic E-state index is 0.0953. The van der Waals surface area contributed by atoms with Crippen molar-refractivity contribution in [3.63, 3.8) is 0 Å². The number of hydrogen-bond donors (Lipinski definition) is 1. The number of amides is 1. The molecule has 0 fully saturated rings. The van der Waals surface area contributed by atoms with E-state index in [4.69, 9.17) is 5.73 Å². The van der Waals surface area contributed by atoms with E-state index in [1.54, 1.807) is 6.92 Å². The Morgan fingerprint density at radius 2 is 2.07 bits per heavy atom. The van der Waals surface area contributed by atoms with Gasteiger partial charge in [-0.1, -0.05) is 6.92 Å². The molecule has 0 aliphatic carbocycles. The second-order valence-corrected chi connectivity index (χ2v) is 4.24. The molecule has 1 aromatic rings. The highest BCUT2D eigenvalue weighted by Crippen LogP contribution is 2.41. The molecule has 1 heterocycles. The molecule has 0 bridgehead atoms. The van der Waals surface area contributed by atoms with Gasteiger partial charge in [-0.05, 0) is 30.7 Å². The SMILES string of the molecule is CC(=O)N1c2ccc(N)cc2[C@H](C)[C@@H]1C. The lowest BCUT2D eigenvalue weighted by atomic mass is 9.98. The Morgan fingerprint density at radius 1 is 1.40 bits per heavy atom. The summed E-state index contributed by atoms with van der Waals surface area (Å²) in [5, 5.41) is 0. The lowest BCUT2D eigenvalue weighted by Crippen LogP contribution is -2.34. The molecular formula is C12H16N2O. The van der Waals surface area contributed by atoms with Gasteiger partial charge in [0.2, 0.25) is 5.91 Å². The largest absolute Gasteiger partial charge is 0.399 e. The molecule has 1 amide bonds. The van der Waals surface area contributed by atoms with Gasteiger partial charge in [0.1, 0.15) is 0 Å². The summed E-state index contributed by atoms with van der Waals surface area (Å²) in [6.45, 7) is 5.81. The Morgan fingerprint density at radius 3 is 2.67 bits per heavy atom. The first-order valence-corrected chi connectivity index (χ1v) is 5.21. The summed E-state index contributed by atoms with van der Waals surface area (Å²) in [5.74, 6) is 0.449. The van der Waals surface area contributed by atoms with Gasteiger partial charge in [0.15, 0.2) is 0 Å². The van der Waals surface area contributed by atoms with Crippen LogP contribution in [0, 0.1) is 0 Å². The molecule has 0 spiro atoms. The summed E-state index contributed by atoms with van der Waals surface area (Å²) in [7, 11) is 0. The van der Waals surface area contributed by atoms with E-state index < -0.39 is 0 Å². The van der Waals surface area contributed by atoms with E-state index in [0.29, 0.717) is 5.92 Å². The van der Waals surface area contributed by atoms with Gasteiger partial charge in [-0.2, -0.15) is 0 Å². The van der Waals surface area contributed by atoms with Crippen LogP contribution in [0.2, 0.25) is 0 Å². The average molecular weight is 204 g/mol. The monoisotopic (exact) mass is 204 g/mol. The zero-order valence-electron chi connectivity index (χ0n) is 9.32. The first-order valence-electron chi connectivity index (χ1n) is 5.21. The van der Waals surface area contributed by atoms with Crippen LogP contribution in [0.15, 0.2) is 18.2 Å². The standard InChI is InChI=1S/C12H16N2O/c1-7-8(2)14(9(3)15)12-5-4-10(13)6-11(7)12/h4-8H,13H2,1-3H3/t7-,8+/m1/s1. The van der Waals surface area contributed by atoms with Crippen LogP contribution >= 0.6 is 0 Å². The molecule has 0 saturated carbocycles. The van der Waals surface area contributed by atoms with Crippen LogP contribution in [0.1, 0.15) is 32.3 Å². The van der Waals surface area contributed by atoms with Crippen LogP contribution < -0.4 is 10.6 Å². The van der Waals surface area contributed by atoms with E-state index in [1.807, 2.05) is 23.1 Å². The van der Waals surface area contributed by atoms with Crippen molar-refractivity contribution in [1.29, 1.82) is 0 Å². The quantitative estimate of drug-likeness (QED) is 0.658. The lowest BCUT2D eigenvalue weighted by molar-refractivity contribution is -0.116. The highest BCUT2D eigenvalue weighted by atomic mass is 16.2. The number of benzene rings is 1. The van der Waals surface area contributed by atoms with Gasteiger partial charge in [-0.15, -0.1) is 0 Å². The van der Waals surface area contributed by atoms with Crippen LogP contribution in [-0.4, -0.2) is 11.9 Å². The van der Waals surface area contributed by atoms with Crippen molar-refractivity contribution in [3.8, 4) is 0 Å². The zero-order chi connectivity index (χ0) is 11.2. The molecule has 1 aromatic carbocycles. The number of nitrogen functional groups attached to an aromatic ring is 1. The van der Waals surface area contributed by atoms with Crippen LogP contribution in [0.3, 0.4) is 0 Å². The van der Waals surface area contributed by atoms with Gasteiger partial charge < -0.3 is 10.6 Å². The molecule has 0 aromatic heterocycles. The highest BCUT2D eigenvalue weighted by Gasteiger charge is 2.34. The van der Waals surface area contributed by atoms with Crippen molar-refractivity contribution >= 4 is 17.3 Å². The summed E-state index contributed by atoms with van der Waals surface area (Å²) in [6, 6.07) is 5.98. The van der Waals surface area contributed by atoms with Crippen molar-refractivity contribution in [1.82, 2.24) is 0 Å². The van der Waals surface area contributed by atoms with Gasteiger partial charge in [0, 0.05) is 30.3 Å². The van der Waals surface area contributed by atoms with Gasteiger partial charge in [0.25, 0.3) is 0 Å². The number of carbonyl (C=O) groups is 1. The van der Waals surface area contributed by atoms with Crippen molar-refractivity contribution < 1.29 is 4.79 Å². The lowest BCUT2D eigenvalue weighted by Gasteiger charge is -2.22. The molecule has 2 N–H and O–H groups in total. The molecule has 1 aliphatic rings. The Balaban J connectivity index is 2.55. The van der Waals surface area contributed by atoms with E-state index >= 15 is 0 Å². The Labute approximate surface area is 89.9 Å². The number of anilines is 2. The second-order valence-electron chi connectivity index (χ2n) is 4.24. The number of nitrogens with zero attached hydrogens (tertiary/aromatic N) is 1. The normalized spacial score (nSPS) is 24.1. The maximum Gasteiger partial charge on any atom is 0.224 e. The van der Waals surface area contributed by atoms with Gasteiger partial charge in [0.05, 0.1) is 0 Å². The maximum atomic E-state index is 11.5. The van der Waals surface area contributed by atoms with E-state index in [2.05, 4.69) is 13.8 Å². The summed E-state index contributed by atoms with van der Waals surface area (Å²) in [6.07, 6.45) is 0. The third kappa shape index (κ3) is 1.39. The topological polar surface area (TPSA) is 46.3 Å². The van der Waals surface area contributed by atoms with E-state index in [9.17, 15) is 4.79 Å². The molecule has 0 saturated heterocycles. The summed E-state index contributed by atoms with van der Waals surface area (Å²) in [5.41, 5.74) is 8.71. The minimum atomic E-state index is 0.0953. The molecular weight excluding hydrogens is 188 g/mol. The molecule has 0 unspecified atom stereocenters. The summed E-state index contributed by atoms with van der Waals surface area (Å²) >= 11 is 0. The Bertz CT molecular complexity index is 414. The van der Waals surface area contributed by atoms with Crippen molar-refractivity contribution in [2.24, 2.45) is 0 Å². The van der Waals surface area contributed by atoms with Crippen LogP contribution in [0.25, 0.3) is 0 Å². The Kier molecular flexibility index (Phi) is 2.18. The van der Waals surface area contributed by atoms with E-state index in [1.165, 1.54) is 5.56 Å². The average Bonchev–Trinajstić information content (AvgIpc) is 2.41. The fraction of sp³-hybridized carbons (Fsp3) is 0.417. The number of fused-ring (bicyclic) bond motifs is 1. The maximum absolute atomic E-state index is 11.5. The first kappa shape index (κ1) is 10.0. The zero-order valence-corrected chi connectivity index (χ0v) is 9.32. The smallest absolute Gasteiger partial charge is 0.224 e. The minimum Gasteiger partial charge on any atom is -0.399 e. The fourth-order valence-corrected chi connectivity index (χ4v) is 2.32. The molecule has 3 nitrogen and oxygen atoms in total. The van der Waals surface area contributed by atoms with Crippen molar-refractivity contribution in [3.05, 3.63) is 23.8 Å². The van der Waals surface area contributed by atoms with Gasteiger partial charge in [-0.25, -0.2) is 0 Å². The molecule has 1 aliphatic heterocycles. The predicted octanol–water partition coefficient (Wildman–Crippen LogP) is 2.13. The van der Waals surface area contributed by atoms with Gasteiger partial charge >= 0.3 is 0 Å². The molecule has 80 valence electrons. The number of carbonyl (C=O) groups excluding carboxylic acids is 1. The predicted molar refractivity (Wildman–Crippen MR) is 61.9 cm³/mol. The fourth-order valence-electron chi connectivity index (χ4n) is 2.32. The molecule has 0 radical (unpaired) electrons. The van der Waals surface area contributed by atoms with Crippen molar-refractivity contribution in [2.45, 2.75) is 32.7 Å². The summed E-state index contributed by atoms with van der Waals surface area (Å²) < 4.78 is 0. The van der Waals surface area contributed by atoms with Crippen LogP contribution in [-0.2, 0) is 4.79 Å². The van der Waals surface area contributed by atoms with E-state index in [0.717, 1.165) is 11.4 Å². The summed E-state index contributed by atoms with van der Waals surface area (Å²) in [4.78, 5) is 13.4. The molecule has 2 atom stereocenters. The second kappa shape index (κ2) is 3.26. The molecule has 3 heteroatoms. The number of nitrogens with two attached hydrogens (primary N) is 1.